The van der Waals surface area contributed by atoms with Crippen molar-refractivity contribution < 1.29 is 149 Å². The fourth-order valence-corrected chi connectivity index (χ4v) is 17.5. The Labute approximate surface area is 509 Å². The zero-order valence-electron chi connectivity index (χ0n) is 50.3. The molecule has 0 aromatic carbocycles. The van der Waals surface area contributed by atoms with Gasteiger partial charge in [-0.1, -0.05) is 27.7 Å². The average molecular weight is 1280 g/mol. The third-order valence-corrected chi connectivity index (χ3v) is 22.6. The zero-order chi connectivity index (χ0) is 63.8. The van der Waals surface area contributed by atoms with Crippen molar-refractivity contribution in [2.75, 3.05) is 46.8 Å². The van der Waals surface area contributed by atoms with Crippen LogP contribution in [-0.4, -0.2) is 316 Å². The van der Waals surface area contributed by atoms with Crippen LogP contribution in [0.1, 0.15) is 85.5 Å². The fourth-order valence-electron chi connectivity index (χ4n) is 17.5. The van der Waals surface area contributed by atoms with Crippen molar-refractivity contribution >= 4 is 0 Å². The smallest absolute Gasteiger partial charge is 0.187 e. The number of hydrogen-bond donors (Lipinski definition) is 18. The number of ether oxygens (including phenoxy) is 12. The molecule has 0 unspecified atom stereocenters. The van der Waals surface area contributed by atoms with E-state index in [0.29, 0.717) is 37.5 Å². The van der Waals surface area contributed by atoms with Crippen LogP contribution in [0.4, 0.5) is 0 Å². The van der Waals surface area contributed by atoms with Gasteiger partial charge in [-0.05, 0) is 97.7 Å². The Balaban J connectivity index is 0.782. The molecule has 6 heterocycles. The topological polar surface area (TPSA) is 475 Å². The van der Waals surface area contributed by atoms with Gasteiger partial charge in [-0.15, -0.1) is 0 Å². The van der Waals surface area contributed by atoms with Gasteiger partial charge in [-0.25, -0.2) is 0 Å². The lowest BCUT2D eigenvalue weighted by Gasteiger charge is -2.62. The summed E-state index contributed by atoms with van der Waals surface area (Å²) >= 11 is 0. The molecule has 30 heteroatoms. The van der Waals surface area contributed by atoms with Crippen molar-refractivity contribution in [2.45, 2.75) is 263 Å². The van der Waals surface area contributed by atoms with E-state index in [0.717, 1.165) is 32.1 Å². The normalized spacial score (nSPS) is 55.1. The van der Waals surface area contributed by atoms with Crippen LogP contribution in [0.15, 0.2) is 0 Å². The number of methoxy groups -OCH3 is 1. The van der Waals surface area contributed by atoms with Crippen LogP contribution >= 0.6 is 0 Å². The Morgan fingerprint density at radius 2 is 0.977 bits per heavy atom. The first kappa shape index (κ1) is 69.6. The van der Waals surface area contributed by atoms with Crippen LogP contribution in [0.2, 0.25) is 0 Å². The van der Waals surface area contributed by atoms with E-state index in [1.807, 2.05) is 6.92 Å². The first-order chi connectivity index (χ1) is 41.7. The lowest BCUT2D eigenvalue weighted by molar-refractivity contribution is -0.407. The molecule has 0 aromatic rings. The zero-order valence-corrected chi connectivity index (χ0v) is 50.3. The van der Waals surface area contributed by atoms with Crippen molar-refractivity contribution in [2.24, 2.45) is 52.3 Å². The molecule has 4 aliphatic carbocycles. The third kappa shape index (κ3) is 12.6. The van der Waals surface area contributed by atoms with Gasteiger partial charge in [0.25, 0.3) is 0 Å². The molecule has 0 spiro atoms. The highest BCUT2D eigenvalue weighted by molar-refractivity contribution is 5.16. The summed E-state index contributed by atoms with van der Waals surface area (Å²) in [5, 5.41) is 193. The molecule has 6 saturated heterocycles. The average Bonchev–Trinajstić information content (AvgIpc) is 1.48. The van der Waals surface area contributed by atoms with Crippen molar-refractivity contribution in [3.8, 4) is 0 Å². The summed E-state index contributed by atoms with van der Waals surface area (Å²) in [6.07, 6.45) is -39.6. The Kier molecular flexibility index (Phi) is 22.0. The quantitative estimate of drug-likeness (QED) is 0.0504. The predicted molar refractivity (Wildman–Crippen MR) is 290 cm³/mol. The standard InChI is InChI=1S/C58H98O30/c1-21(20-78-51-44(73)40(69)36(65)30(15-59)80-51)8-11-58(77-5)22(2)35-29(88-58)13-26-24-7-6-23-12-28(27(64)14-57(23,4)25(24)9-10-56(26,35)3)79-52-47(76)43(72)48(34(19-63)84-52)85-55-50(87-54-46(75)42(71)38(67)32(17-61)82-54)49(39(68)33(18-62)83-55)86-53-45(74)41(70)37(66)31(16-60)81-53/h21-55,59-76H,6-20H2,1-5H3/t21-,22+,23+,24-,25+,26+,27-,28-,29+,30-,31-,32-,33-,34-,35+,36-,37-,38-,39-,40+,41+,42+,43-,44-,45-,46-,47-,48+,49+,50-,51-,52-,53+,54+,55+,56+,57+,58+/m1/s1. The molecular formula is C58H98O30. The number of fused-ring (bicyclic) bond motifs is 7. The molecule has 10 aliphatic rings. The molecular weight excluding hydrogens is 1180 g/mol. The van der Waals surface area contributed by atoms with E-state index in [2.05, 4.69) is 20.8 Å². The van der Waals surface area contributed by atoms with E-state index in [1.165, 1.54) is 0 Å². The Morgan fingerprint density at radius 3 is 1.55 bits per heavy atom. The van der Waals surface area contributed by atoms with E-state index >= 15 is 0 Å². The predicted octanol–water partition coefficient (Wildman–Crippen LogP) is -6.51. The summed E-state index contributed by atoms with van der Waals surface area (Å²) in [7, 11) is 1.68. The first-order valence-corrected chi connectivity index (χ1v) is 31.4. The molecule has 0 aromatic heterocycles. The van der Waals surface area contributed by atoms with Crippen LogP contribution in [0, 0.1) is 52.3 Å². The van der Waals surface area contributed by atoms with Crippen molar-refractivity contribution in [1.29, 1.82) is 0 Å². The fraction of sp³-hybridized carbons (Fsp3) is 1.00. The molecule has 10 rings (SSSR count). The van der Waals surface area contributed by atoms with Crippen LogP contribution in [-0.2, 0) is 56.8 Å². The lowest BCUT2D eigenvalue weighted by Crippen LogP contribution is -2.69. The Hall–Kier alpha value is -1.20. The number of rotatable bonds is 20. The maximum absolute atomic E-state index is 12.1. The van der Waals surface area contributed by atoms with Gasteiger partial charge in [-0.3, -0.25) is 0 Å². The molecule has 510 valence electrons. The SMILES string of the molecule is CO[C@@]1(CC[C@@H](C)CO[C@@H]2O[C@H](CO)[C@@H](O)[C@H](O)[C@H]2O)O[C@H]2C[C@H]3[C@@H]4CC[C@H]5C[C@@H](O[C@@H]6O[C@H](CO)[C@H](O[C@@H]7O[C@H](CO)[C@@H](O)[C@H](O[C@@H]8O[C@H](CO)[C@@H](O)[C@H](O)[C@H]8O)[C@H]7O[C@@H]7O[C@H](CO)[C@@H](O)[C@H](O)[C@H]7O)[C@H](O)[C@H]6O)[C@H](O)C[C@]5(C)[C@H]4CC[C@]3(C)[C@H]2[C@@H]1C. The number of hydrogen-bond acceptors (Lipinski definition) is 30. The van der Waals surface area contributed by atoms with E-state index in [4.69, 9.17) is 56.8 Å². The number of aliphatic hydroxyl groups is 18. The highest BCUT2D eigenvalue weighted by Crippen LogP contribution is 2.71. The highest BCUT2D eigenvalue weighted by atomic mass is 16.8. The molecule has 30 nitrogen and oxygen atoms in total. The lowest BCUT2D eigenvalue weighted by atomic mass is 9.44. The maximum Gasteiger partial charge on any atom is 0.187 e. The second-order valence-corrected chi connectivity index (χ2v) is 27.4. The van der Waals surface area contributed by atoms with Crippen LogP contribution < -0.4 is 0 Å². The summed E-state index contributed by atoms with van der Waals surface area (Å²) in [6.45, 7) is 4.86. The molecule has 6 aliphatic heterocycles. The summed E-state index contributed by atoms with van der Waals surface area (Å²) < 4.78 is 72.6. The van der Waals surface area contributed by atoms with Gasteiger partial charge >= 0.3 is 0 Å². The molecule has 0 radical (unpaired) electrons. The van der Waals surface area contributed by atoms with Crippen LogP contribution in [0.5, 0.6) is 0 Å². The molecule has 18 N–H and O–H groups in total. The minimum atomic E-state index is -2.08. The molecule has 88 heavy (non-hydrogen) atoms. The second kappa shape index (κ2) is 27.9. The molecule has 0 bridgehead atoms. The molecule has 38 atom stereocenters. The van der Waals surface area contributed by atoms with Crippen LogP contribution in [0.25, 0.3) is 0 Å². The van der Waals surface area contributed by atoms with Gasteiger partial charge in [-0.2, -0.15) is 0 Å². The summed E-state index contributed by atoms with van der Waals surface area (Å²) in [5.41, 5.74) is -0.354. The van der Waals surface area contributed by atoms with Gasteiger partial charge in [0.15, 0.2) is 37.2 Å². The molecule has 10 fully saturated rings. The minimum absolute atomic E-state index is 0.0369. The number of aliphatic hydroxyl groups excluding tert-OH is 18. The van der Waals surface area contributed by atoms with Crippen molar-refractivity contribution in [3.05, 3.63) is 0 Å². The summed E-state index contributed by atoms with van der Waals surface area (Å²) in [4.78, 5) is 0. The largest absolute Gasteiger partial charge is 0.394 e. The van der Waals surface area contributed by atoms with Crippen molar-refractivity contribution in [1.82, 2.24) is 0 Å². The summed E-state index contributed by atoms with van der Waals surface area (Å²) in [6, 6.07) is 0. The minimum Gasteiger partial charge on any atom is -0.394 e. The van der Waals surface area contributed by atoms with E-state index < -0.39 is 205 Å². The van der Waals surface area contributed by atoms with Gasteiger partial charge in [0.1, 0.15) is 122 Å². The maximum atomic E-state index is 12.1. The second-order valence-electron chi connectivity index (χ2n) is 27.4. The summed E-state index contributed by atoms with van der Waals surface area (Å²) in [5.74, 6) is 0.426. The van der Waals surface area contributed by atoms with E-state index in [9.17, 15) is 91.9 Å². The van der Waals surface area contributed by atoms with E-state index in [-0.39, 0.29) is 53.1 Å². The first-order valence-electron chi connectivity index (χ1n) is 31.4. The van der Waals surface area contributed by atoms with Gasteiger partial charge in [0.05, 0.1) is 58.0 Å². The van der Waals surface area contributed by atoms with Gasteiger partial charge in [0.2, 0.25) is 0 Å². The van der Waals surface area contributed by atoms with E-state index in [1.54, 1.807) is 7.11 Å². The molecule has 4 saturated carbocycles. The highest BCUT2D eigenvalue weighted by Gasteiger charge is 2.69. The monoisotopic (exact) mass is 1270 g/mol. The third-order valence-electron chi connectivity index (χ3n) is 22.6. The van der Waals surface area contributed by atoms with Gasteiger partial charge < -0.3 is 149 Å². The Morgan fingerprint density at radius 1 is 0.489 bits per heavy atom. The Bertz CT molecular complexity index is 2240. The van der Waals surface area contributed by atoms with Gasteiger partial charge in [0, 0.05) is 19.4 Å². The molecule has 0 amide bonds. The van der Waals surface area contributed by atoms with Crippen molar-refractivity contribution in [3.63, 3.8) is 0 Å². The van der Waals surface area contributed by atoms with Crippen LogP contribution in [0.3, 0.4) is 0 Å².